The highest BCUT2D eigenvalue weighted by Crippen LogP contribution is 2.40. The lowest BCUT2D eigenvalue weighted by Gasteiger charge is -2.29. The lowest BCUT2D eigenvalue weighted by Crippen LogP contribution is -2.18. The molecule has 1 heterocycles. The summed E-state index contributed by atoms with van der Waals surface area (Å²) in [5.41, 5.74) is 4.48. The average Bonchev–Trinajstić information content (AvgIpc) is 3.19. The minimum Gasteiger partial charge on any atom is -0.479 e. The van der Waals surface area contributed by atoms with Gasteiger partial charge in [-0.25, -0.2) is 0 Å². The molecule has 24 heavy (non-hydrogen) atoms. The van der Waals surface area contributed by atoms with Crippen LogP contribution < -0.4 is 9.80 Å². The third kappa shape index (κ3) is 2.72. The fraction of sp³-hybridized carbons (Fsp3) is 0.0476. The number of rotatable bonds is 4. The molecule has 0 N–H and O–H groups in total. The molecule has 3 heteroatoms. The van der Waals surface area contributed by atoms with Gasteiger partial charge in [0.05, 0.1) is 11.4 Å². The van der Waals surface area contributed by atoms with Gasteiger partial charge in [0.2, 0.25) is 0 Å². The van der Waals surface area contributed by atoms with E-state index >= 15 is 0 Å². The summed E-state index contributed by atoms with van der Waals surface area (Å²) in [6, 6.07) is 29.2. The number of anilines is 4. The second-order valence-electron chi connectivity index (χ2n) is 5.55. The molecule has 0 atom stereocenters. The maximum absolute atomic E-state index is 5.38. The van der Waals surface area contributed by atoms with Crippen LogP contribution in [0.5, 0.6) is 0 Å². The van der Waals surface area contributed by atoms with Crippen LogP contribution in [0, 0.1) is 0 Å². The zero-order chi connectivity index (χ0) is 16.2. The van der Waals surface area contributed by atoms with Gasteiger partial charge in [0.1, 0.15) is 6.26 Å². The van der Waals surface area contributed by atoms with Crippen molar-refractivity contribution in [3.63, 3.8) is 0 Å². The summed E-state index contributed by atoms with van der Waals surface area (Å²) in [7, 11) is 0. The largest absolute Gasteiger partial charge is 0.479 e. The van der Waals surface area contributed by atoms with Gasteiger partial charge < -0.3 is 14.5 Å². The van der Waals surface area contributed by atoms with Gasteiger partial charge >= 0.3 is 0 Å². The molecule has 118 valence electrons. The molecule has 0 aliphatic carbocycles. The van der Waals surface area contributed by atoms with Gasteiger partial charge in [-0.15, -0.1) is 0 Å². The van der Waals surface area contributed by atoms with Crippen LogP contribution in [0.4, 0.5) is 22.7 Å². The van der Waals surface area contributed by atoms with Crippen molar-refractivity contribution in [1.29, 1.82) is 0 Å². The number of hydrogen-bond donors (Lipinski definition) is 0. The predicted octanol–water partition coefficient (Wildman–Crippen LogP) is 5.42. The molecule has 0 amide bonds. The van der Waals surface area contributed by atoms with E-state index < -0.39 is 0 Å². The van der Waals surface area contributed by atoms with Gasteiger partial charge in [0.25, 0.3) is 0 Å². The summed E-state index contributed by atoms with van der Waals surface area (Å²) in [4.78, 5) is 4.37. The SMILES string of the molecule is C1=CN(c2ccccc2N(c2ccccc2)c2ccccc2)CO1. The van der Waals surface area contributed by atoms with Crippen molar-refractivity contribution in [2.75, 3.05) is 16.5 Å². The maximum atomic E-state index is 5.38. The molecule has 3 nitrogen and oxygen atoms in total. The monoisotopic (exact) mass is 314 g/mol. The van der Waals surface area contributed by atoms with Crippen molar-refractivity contribution in [3.05, 3.63) is 97.4 Å². The van der Waals surface area contributed by atoms with Gasteiger partial charge in [-0.05, 0) is 36.4 Å². The molecule has 0 radical (unpaired) electrons. The Balaban J connectivity index is 1.87. The molecule has 0 saturated carbocycles. The molecular formula is C21H18N2O. The zero-order valence-electron chi connectivity index (χ0n) is 13.2. The highest BCUT2D eigenvalue weighted by Gasteiger charge is 2.19. The smallest absolute Gasteiger partial charge is 0.164 e. The molecule has 3 aromatic carbocycles. The van der Waals surface area contributed by atoms with E-state index in [1.54, 1.807) is 6.26 Å². The molecule has 3 aromatic rings. The van der Waals surface area contributed by atoms with E-state index in [2.05, 4.69) is 82.6 Å². The van der Waals surface area contributed by atoms with Crippen molar-refractivity contribution < 1.29 is 4.74 Å². The van der Waals surface area contributed by atoms with Crippen molar-refractivity contribution >= 4 is 22.7 Å². The van der Waals surface area contributed by atoms with Crippen LogP contribution >= 0.6 is 0 Å². The Morgan fingerprint density at radius 3 is 1.88 bits per heavy atom. The summed E-state index contributed by atoms with van der Waals surface area (Å²) in [5, 5.41) is 0. The van der Waals surface area contributed by atoms with E-state index in [9.17, 15) is 0 Å². The highest BCUT2D eigenvalue weighted by molar-refractivity contribution is 5.85. The van der Waals surface area contributed by atoms with Crippen LogP contribution in [-0.2, 0) is 4.74 Å². The van der Waals surface area contributed by atoms with Crippen LogP contribution in [0.1, 0.15) is 0 Å². The Morgan fingerprint density at radius 2 is 1.29 bits per heavy atom. The molecular weight excluding hydrogens is 296 g/mol. The third-order valence-electron chi connectivity index (χ3n) is 4.01. The first-order valence-electron chi connectivity index (χ1n) is 7.98. The lowest BCUT2D eigenvalue weighted by molar-refractivity contribution is 0.282. The minimum atomic E-state index is 0.536. The average molecular weight is 314 g/mol. The molecule has 0 spiro atoms. The maximum Gasteiger partial charge on any atom is 0.164 e. The second kappa shape index (κ2) is 6.50. The van der Waals surface area contributed by atoms with Crippen molar-refractivity contribution in [2.24, 2.45) is 0 Å². The van der Waals surface area contributed by atoms with Crippen LogP contribution in [0.25, 0.3) is 0 Å². The predicted molar refractivity (Wildman–Crippen MR) is 98.7 cm³/mol. The van der Waals surface area contributed by atoms with Gasteiger partial charge in [-0.2, -0.15) is 0 Å². The molecule has 1 aliphatic heterocycles. The first kappa shape index (κ1) is 14.4. The van der Waals surface area contributed by atoms with E-state index in [4.69, 9.17) is 4.74 Å². The second-order valence-corrected chi connectivity index (χ2v) is 5.55. The molecule has 1 aliphatic rings. The fourth-order valence-electron chi connectivity index (χ4n) is 2.91. The summed E-state index contributed by atoms with van der Waals surface area (Å²) in [5.74, 6) is 0. The number of benzene rings is 3. The van der Waals surface area contributed by atoms with E-state index in [0.717, 1.165) is 22.7 Å². The van der Waals surface area contributed by atoms with E-state index in [1.807, 2.05) is 18.3 Å². The van der Waals surface area contributed by atoms with Crippen LogP contribution in [0.3, 0.4) is 0 Å². The topological polar surface area (TPSA) is 15.7 Å². The Morgan fingerprint density at radius 1 is 0.708 bits per heavy atom. The normalized spacial score (nSPS) is 12.9. The van der Waals surface area contributed by atoms with E-state index in [0.29, 0.717) is 6.73 Å². The Kier molecular flexibility index (Phi) is 3.90. The first-order chi connectivity index (χ1) is 11.9. The van der Waals surface area contributed by atoms with Gasteiger partial charge in [0.15, 0.2) is 6.73 Å². The molecule has 0 aromatic heterocycles. The summed E-state index contributed by atoms with van der Waals surface area (Å²) < 4.78 is 5.38. The molecule has 4 rings (SSSR count). The number of ether oxygens (including phenoxy) is 1. The van der Waals surface area contributed by atoms with Crippen molar-refractivity contribution in [3.8, 4) is 0 Å². The van der Waals surface area contributed by atoms with E-state index in [-0.39, 0.29) is 0 Å². The molecule has 0 unspecified atom stereocenters. The highest BCUT2D eigenvalue weighted by atomic mass is 16.5. The number of nitrogens with zero attached hydrogens (tertiary/aromatic N) is 2. The van der Waals surface area contributed by atoms with Crippen LogP contribution in [0.15, 0.2) is 97.4 Å². The van der Waals surface area contributed by atoms with Crippen molar-refractivity contribution in [2.45, 2.75) is 0 Å². The first-order valence-corrected chi connectivity index (χ1v) is 7.98. The van der Waals surface area contributed by atoms with Gasteiger partial charge in [-0.1, -0.05) is 48.5 Å². The van der Waals surface area contributed by atoms with Gasteiger partial charge in [0, 0.05) is 17.6 Å². The van der Waals surface area contributed by atoms with E-state index in [1.165, 1.54) is 0 Å². The Labute approximate surface area is 142 Å². The molecule has 0 bridgehead atoms. The Bertz CT molecular complexity index is 791. The van der Waals surface area contributed by atoms with Gasteiger partial charge in [-0.3, -0.25) is 0 Å². The minimum absolute atomic E-state index is 0.536. The van der Waals surface area contributed by atoms with Crippen LogP contribution in [-0.4, -0.2) is 6.73 Å². The lowest BCUT2D eigenvalue weighted by atomic mass is 10.1. The zero-order valence-corrected chi connectivity index (χ0v) is 13.2. The fourth-order valence-corrected chi connectivity index (χ4v) is 2.91. The van der Waals surface area contributed by atoms with Crippen molar-refractivity contribution in [1.82, 2.24) is 0 Å². The summed E-state index contributed by atoms with van der Waals surface area (Å²) >= 11 is 0. The third-order valence-corrected chi connectivity index (χ3v) is 4.01. The number of hydrogen-bond acceptors (Lipinski definition) is 3. The van der Waals surface area contributed by atoms with Crippen LogP contribution in [0.2, 0.25) is 0 Å². The number of para-hydroxylation sites is 4. The molecule has 0 saturated heterocycles. The summed E-state index contributed by atoms with van der Waals surface area (Å²) in [6.45, 7) is 0.536. The molecule has 0 fully saturated rings. The summed E-state index contributed by atoms with van der Waals surface area (Å²) in [6.07, 6.45) is 3.69. The quantitative estimate of drug-likeness (QED) is 0.639. The standard InChI is InChI=1S/C21H18N2O/c1-3-9-18(10-4-1)23(19-11-5-2-6-12-19)21-14-8-7-13-20(21)22-15-16-24-17-22/h1-16H,17H2. The Hall–Kier alpha value is -3.20.